The van der Waals surface area contributed by atoms with Crippen molar-refractivity contribution in [2.45, 2.75) is 32.5 Å². The first-order chi connectivity index (χ1) is 10.0. The van der Waals surface area contributed by atoms with E-state index in [-0.39, 0.29) is 11.7 Å². The second-order valence-corrected chi connectivity index (χ2v) is 6.04. The Hall–Kier alpha value is -1.72. The molecule has 3 rings (SSSR count). The first-order valence-corrected chi connectivity index (χ1v) is 7.28. The summed E-state index contributed by atoms with van der Waals surface area (Å²) in [6, 6.07) is 7.81. The molecule has 0 spiro atoms. The molecule has 1 N–H and O–H groups in total. The fourth-order valence-corrected chi connectivity index (χ4v) is 2.54. The van der Waals surface area contributed by atoms with Crippen LogP contribution < -0.4 is 10.1 Å². The molecule has 5 nitrogen and oxygen atoms in total. The van der Waals surface area contributed by atoms with Crippen LogP contribution >= 0.6 is 0 Å². The molecule has 0 amide bonds. The predicted molar refractivity (Wildman–Crippen MR) is 81.6 cm³/mol. The van der Waals surface area contributed by atoms with Gasteiger partial charge in [0.2, 0.25) is 5.88 Å². The van der Waals surface area contributed by atoms with Crippen LogP contribution in [0.25, 0.3) is 11.0 Å². The third-order valence-electron chi connectivity index (χ3n) is 3.52. The molecule has 5 heteroatoms. The van der Waals surface area contributed by atoms with Crippen LogP contribution in [0.3, 0.4) is 0 Å². The van der Waals surface area contributed by atoms with Gasteiger partial charge < -0.3 is 14.8 Å². The highest BCUT2D eigenvalue weighted by atomic mass is 16.6. The standard InChI is InChI=1S/C16H21N3O2/c1-11-15(19-14-7-5-4-6-13(14)18-11)20-9-12-8-17-10-16(2,3)21-12/h4-7,12,17H,8-10H2,1-3H3. The van der Waals surface area contributed by atoms with Gasteiger partial charge in [-0.25, -0.2) is 9.97 Å². The summed E-state index contributed by atoms with van der Waals surface area (Å²) in [6.07, 6.45) is 0.0291. The van der Waals surface area contributed by atoms with E-state index < -0.39 is 0 Å². The Morgan fingerprint density at radius 1 is 1.29 bits per heavy atom. The number of hydrogen-bond acceptors (Lipinski definition) is 5. The first kappa shape index (κ1) is 14.2. The summed E-state index contributed by atoms with van der Waals surface area (Å²) in [5, 5.41) is 3.36. The average Bonchev–Trinajstić information content (AvgIpc) is 2.44. The Bertz CT molecular complexity index is 642. The van der Waals surface area contributed by atoms with E-state index >= 15 is 0 Å². The van der Waals surface area contributed by atoms with Crippen molar-refractivity contribution in [3.05, 3.63) is 30.0 Å². The van der Waals surface area contributed by atoms with Gasteiger partial charge >= 0.3 is 0 Å². The number of para-hydroxylation sites is 2. The number of benzene rings is 1. The lowest BCUT2D eigenvalue weighted by Crippen LogP contribution is -2.52. The topological polar surface area (TPSA) is 56.3 Å². The van der Waals surface area contributed by atoms with E-state index in [1.165, 1.54) is 0 Å². The quantitative estimate of drug-likeness (QED) is 0.936. The van der Waals surface area contributed by atoms with Crippen LogP contribution in [0.5, 0.6) is 5.88 Å². The van der Waals surface area contributed by atoms with Crippen molar-refractivity contribution in [2.24, 2.45) is 0 Å². The van der Waals surface area contributed by atoms with Crippen molar-refractivity contribution >= 4 is 11.0 Å². The number of morpholine rings is 1. The molecule has 0 bridgehead atoms. The van der Waals surface area contributed by atoms with Gasteiger partial charge in [-0.15, -0.1) is 0 Å². The zero-order chi connectivity index (χ0) is 14.9. The van der Waals surface area contributed by atoms with Gasteiger partial charge in [0, 0.05) is 13.1 Å². The molecule has 1 unspecified atom stereocenters. The van der Waals surface area contributed by atoms with Crippen LogP contribution in [0, 0.1) is 6.92 Å². The molecular formula is C16H21N3O2. The summed E-state index contributed by atoms with van der Waals surface area (Å²) in [5.74, 6) is 0.584. The minimum Gasteiger partial charge on any atom is -0.474 e. The van der Waals surface area contributed by atoms with Crippen LogP contribution in [0.15, 0.2) is 24.3 Å². The van der Waals surface area contributed by atoms with E-state index in [1.807, 2.05) is 31.2 Å². The van der Waals surface area contributed by atoms with Crippen molar-refractivity contribution in [3.8, 4) is 5.88 Å². The molecule has 2 heterocycles. The number of nitrogens with one attached hydrogen (secondary N) is 1. The normalized spacial score (nSPS) is 21.4. The molecule has 0 saturated carbocycles. The fraction of sp³-hybridized carbons (Fsp3) is 0.500. The Balaban J connectivity index is 1.71. The van der Waals surface area contributed by atoms with Crippen molar-refractivity contribution < 1.29 is 9.47 Å². The lowest BCUT2D eigenvalue weighted by atomic mass is 10.1. The number of aryl methyl sites for hydroxylation is 1. The molecular weight excluding hydrogens is 266 g/mol. The first-order valence-electron chi connectivity index (χ1n) is 7.28. The van der Waals surface area contributed by atoms with E-state index in [0.717, 1.165) is 29.8 Å². The summed E-state index contributed by atoms with van der Waals surface area (Å²) in [5.41, 5.74) is 2.38. The number of aromatic nitrogens is 2. The van der Waals surface area contributed by atoms with Crippen LogP contribution in [0.4, 0.5) is 0 Å². The summed E-state index contributed by atoms with van der Waals surface area (Å²) < 4.78 is 11.8. The van der Waals surface area contributed by atoms with Gasteiger partial charge in [-0.2, -0.15) is 0 Å². The van der Waals surface area contributed by atoms with E-state index in [9.17, 15) is 0 Å². The summed E-state index contributed by atoms with van der Waals surface area (Å²) >= 11 is 0. The minimum atomic E-state index is -0.156. The van der Waals surface area contributed by atoms with Gasteiger partial charge in [0.25, 0.3) is 0 Å². The van der Waals surface area contributed by atoms with Gasteiger partial charge in [-0.05, 0) is 32.9 Å². The number of fused-ring (bicyclic) bond motifs is 1. The summed E-state index contributed by atoms with van der Waals surface area (Å²) in [6.45, 7) is 8.20. The van der Waals surface area contributed by atoms with Crippen LogP contribution in [0.2, 0.25) is 0 Å². The fourth-order valence-electron chi connectivity index (χ4n) is 2.54. The SMILES string of the molecule is Cc1nc2ccccc2nc1OCC1CNCC(C)(C)O1. The van der Waals surface area contributed by atoms with Crippen molar-refractivity contribution in [1.29, 1.82) is 0 Å². The van der Waals surface area contributed by atoms with Gasteiger partial charge in [0.05, 0.1) is 16.6 Å². The molecule has 112 valence electrons. The maximum atomic E-state index is 5.99. The lowest BCUT2D eigenvalue weighted by Gasteiger charge is -2.36. The van der Waals surface area contributed by atoms with E-state index in [1.54, 1.807) is 0 Å². The van der Waals surface area contributed by atoms with E-state index in [4.69, 9.17) is 9.47 Å². The molecule has 21 heavy (non-hydrogen) atoms. The Morgan fingerprint density at radius 2 is 2.00 bits per heavy atom. The summed E-state index contributed by atoms with van der Waals surface area (Å²) in [4.78, 5) is 9.06. The third kappa shape index (κ3) is 3.31. The molecule has 1 saturated heterocycles. The Labute approximate surface area is 124 Å². The Morgan fingerprint density at radius 3 is 2.71 bits per heavy atom. The summed E-state index contributed by atoms with van der Waals surface area (Å²) in [7, 11) is 0. The molecule has 0 aliphatic carbocycles. The number of ether oxygens (including phenoxy) is 2. The number of nitrogens with zero attached hydrogens (tertiary/aromatic N) is 2. The molecule has 2 aromatic rings. The average molecular weight is 287 g/mol. The van der Waals surface area contributed by atoms with Crippen LogP contribution in [-0.2, 0) is 4.74 Å². The molecule has 1 atom stereocenters. The third-order valence-corrected chi connectivity index (χ3v) is 3.52. The molecule has 1 aliphatic heterocycles. The zero-order valence-corrected chi connectivity index (χ0v) is 12.7. The molecule has 1 fully saturated rings. The van der Waals surface area contributed by atoms with Crippen LogP contribution in [0.1, 0.15) is 19.5 Å². The number of rotatable bonds is 3. The van der Waals surface area contributed by atoms with Gasteiger partial charge in [0.1, 0.15) is 18.4 Å². The number of hydrogen-bond donors (Lipinski definition) is 1. The van der Waals surface area contributed by atoms with Crippen LogP contribution in [-0.4, -0.2) is 41.4 Å². The maximum Gasteiger partial charge on any atom is 0.236 e. The van der Waals surface area contributed by atoms with E-state index in [2.05, 4.69) is 29.1 Å². The highest BCUT2D eigenvalue weighted by Crippen LogP contribution is 2.20. The van der Waals surface area contributed by atoms with E-state index in [0.29, 0.717) is 12.5 Å². The molecule has 1 aromatic heterocycles. The molecule has 0 radical (unpaired) electrons. The van der Waals surface area contributed by atoms with Gasteiger partial charge in [-0.3, -0.25) is 0 Å². The predicted octanol–water partition coefficient (Wildman–Crippen LogP) is 2.08. The zero-order valence-electron chi connectivity index (χ0n) is 12.7. The minimum absolute atomic E-state index is 0.0291. The van der Waals surface area contributed by atoms with Crippen molar-refractivity contribution in [2.75, 3.05) is 19.7 Å². The highest BCUT2D eigenvalue weighted by Gasteiger charge is 2.28. The second-order valence-electron chi connectivity index (χ2n) is 6.04. The maximum absolute atomic E-state index is 5.99. The van der Waals surface area contributed by atoms with Gasteiger partial charge in [-0.1, -0.05) is 12.1 Å². The second kappa shape index (κ2) is 5.58. The highest BCUT2D eigenvalue weighted by molar-refractivity contribution is 5.74. The van der Waals surface area contributed by atoms with Crippen molar-refractivity contribution in [1.82, 2.24) is 15.3 Å². The smallest absolute Gasteiger partial charge is 0.236 e. The molecule has 1 aliphatic rings. The lowest BCUT2D eigenvalue weighted by molar-refractivity contribution is -0.107. The Kier molecular flexibility index (Phi) is 3.78. The van der Waals surface area contributed by atoms with Crippen molar-refractivity contribution in [3.63, 3.8) is 0 Å². The van der Waals surface area contributed by atoms with Gasteiger partial charge in [0.15, 0.2) is 0 Å². The largest absolute Gasteiger partial charge is 0.474 e. The monoisotopic (exact) mass is 287 g/mol. The molecule has 1 aromatic carbocycles.